The molecule has 2 aromatic heterocycles. The van der Waals surface area contributed by atoms with Gasteiger partial charge < -0.3 is 19.5 Å². The summed E-state index contributed by atoms with van der Waals surface area (Å²) in [7, 11) is 4.67. The predicted molar refractivity (Wildman–Crippen MR) is 134 cm³/mol. The molecule has 10 heteroatoms. The molecule has 34 heavy (non-hydrogen) atoms. The fraction of sp³-hybridized carbons (Fsp3) is 0.208. The standard InChI is InChI=1S/C24H23N3O5S2/c1-30-18-9-5-4-8-17(18)27-23(29)22-16(11-12-33-22)26-24(27)34-14-20(28)25-13-15-7-6-10-19(31-2)21(15)32-3/h4-12H,13-14H2,1-3H3,(H,25,28). The van der Waals surface area contributed by atoms with Crippen molar-refractivity contribution in [2.45, 2.75) is 11.7 Å². The summed E-state index contributed by atoms with van der Waals surface area (Å²) < 4.78 is 18.2. The molecule has 0 aliphatic heterocycles. The fourth-order valence-corrected chi connectivity index (χ4v) is 5.08. The SMILES string of the molecule is COc1ccccc1-n1c(SCC(=O)NCc2cccc(OC)c2OC)nc2ccsc2c1=O. The molecule has 1 amide bonds. The minimum absolute atomic E-state index is 0.0729. The summed E-state index contributed by atoms with van der Waals surface area (Å²) in [4.78, 5) is 30.6. The second-order valence-electron chi connectivity index (χ2n) is 7.06. The number of thiophene rings is 1. The third kappa shape index (κ3) is 4.73. The molecule has 0 spiro atoms. The Hall–Kier alpha value is -3.50. The molecule has 4 rings (SSSR count). The van der Waals surface area contributed by atoms with Crippen LogP contribution in [0, 0.1) is 0 Å². The Labute approximate surface area is 204 Å². The summed E-state index contributed by atoms with van der Waals surface area (Å²) in [5.74, 6) is 1.58. The predicted octanol–water partition coefficient (Wildman–Crippen LogP) is 3.88. The lowest BCUT2D eigenvalue weighted by atomic mass is 10.2. The van der Waals surface area contributed by atoms with Crippen molar-refractivity contribution < 1.29 is 19.0 Å². The van der Waals surface area contributed by atoms with Gasteiger partial charge in [-0.2, -0.15) is 0 Å². The van der Waals surface area contributed by atoms with Crippen LogP contribution in [0.3, 0.4) is 0 Å². The van der Waals surface area contributed by atoms with Gasteiger partial charge in [-0.05, 0) is 29.6 Å². The Morgan fingerprint density at radius 3 is 2.56 bits per heavy atom. The van der Waals surface area contributed by atoms with E-state index in [-0.39, 0.29) is 23.8 Å². The van der Waals surface area contributed by atoms with Crippen LogP contribution in [0.5, 0.6) is 17.2 Å². The van der Waals surface area contributed by atoms with Crippen LogP contribution in [0.25, 0.3) is 15.9 Å². The van der Waals surface area contributed by atoms with E-state index in [1.165, 1.54) is 27.7 Å². The number of rotatable bonds is 9. The van der Waals surface area contributed by atoms with Crippen LogP contribution in [0.15, 0.2) is 63.9 Å². The number of nitrogens with one attached hydrogen (secondary N) is 1. The van der Waals surface area contributed by atoms with Gasteiger partial charge in [0.25, 0.3) is 5.56 Å². The Kier molecular flexibility index (Phi) is 7.39. The molecule has 1 N–H and O–H groups in total. The number of ether oxygens (including phenoxy) is 3. The van der Waals surface area contributed by atoms with Crippen LogP contribution < -0.4 is 25.1 Å². The number of methoxy groups -OCH3 is 3. The summed E-state index contributed by atoms with van der Waals surface area (Å²) in [6.45, 7) is 0.274. The van der Waals surface area contributed by atoms with Gasteiger partial charge >= 0.3 is 0 Å². The minimum atomic E-state index is -0.207. The average molecular weight is 498 g/mol. The van der Waals surface area contributed by atoms with Crippen molar-refractivity contribution >= 4 is 39.2 Å². The first-order valence-corrected chi connectivity index (χ1v) is 12.2. The largest absolute Gasteiger partial charge is 0.495 e. The first kappa shape index (κ1) is 23.7. The second kappa shape index (κ2) is 10.6. The van der Waals surface area contributed by atoms with Gasteiger partial charge in [-0.25, -0.2) is 4.98 Å². The third-order valence-corrected chi connectivity index (χ3v) is 6.90. The number of hydrogen-bond acceptors (Lipinski definition) is 8. The number of thioether (sulfide) groups is 1. The van der Waals surface area contributed by atoms with E-state index in [1.54, 1.807) is 45.6 Å². The molecule has 0 atom stereocenters. The molecule has 0 bridgehead atoms. The first-order chi connectivity index (χ1) is 16.6. The summed E-state index contributed by atoms with van der Waals surface area (Å²) in [6, 6.07) is 14.5. The molecular formula is C24H23N3O5S2. The van der Waals surface area contributed by atoms with Crippen molar-refractivity contribution in [3.8, 4) is 22.9 Å². The van der Waals surface area contributed by atoms with E-state index in [1.807, 2.05) is 29.6 Å². The molecule has 176 valence electrons. The summed E-state index contributed by atoms with van der Waals surface area (Å²) in [5, 5.41) is 5.13. The van der Waals surface area contributed by atoms with Gasteiger partial charge in [0.2, 0.25) is 5.91 Å². The monoisotopic (exact) mass is 497 g/mol. The highest BCUT2D eigenvalue weighted by molar-refractivity contribution is 7.99. The van der Waals surface area contributed by atoms with Crippen LogP contribution in [0.1, 0.15) is 5.56 Å². The van der Waals surface area contributed by atoms with E-state index in [0.717, 1.165) is 5.56 Å². The smallest absolute Gasteiger partial charge is 0.276 e. The molecule has 2 heterocycles. The van der Waals surface area contributed by atoms with Crippen molar-refractivity contribution in [3.63, 3.8) is 0 Å². The van der Waals surface area contributed by atoms with Crippen molar-refractivity contribution in [2.24, 2.45) is 0 Å². The van der Waals surface area contributed by atoms with E-state index in [2.05, 4.69) is 10.3 Å². The number of carbonyl (C=O) groups excluding carboxylic acids is 1. The van der Waals surface area contributed by atoms with Crippen LogP contribution in [-0.2, 0) is 11.3 Å². The number of aromatic nitrogens is 2. The molecule has 2 aromatic carbocycles. The van der Waals surface area contributed by atoms with Crippen molar-refractivity contribution in [1.29, 1.82) is 0 Å². The number of benzene rings is 2. The van der Waals surface area contributed by atoms with Gasteiger partial charge in [-0.15, -0.1) is 11.3 Å². The molecule has 4 aromatic rings. The van der Waals surface area contributed by atoms with E-state index in [4.69, 9.17) is 14.2 Å². The topological polar surface area (TPSA) is 91.7 Å². The molecule has 0 aliphatic carbocycles. The van der Waals surface area contributed by atoms with Gasteiger partial charge in [-0.1, -0.05) is 36.0 Å². The highest BCUT2D eigenvalue weighted by atomic mass is 32.2. The summed E-state index contributed by atoms with van der Waals surface area (Å²) in [6.07, 6.45) is 0. The Balaban J connectivity index is 1.57. The number of para-hydroxylation sites is 3. The lowest BCUT2D eigenvalue weighted by Gasteiger charge is -2.15. The lowest BCUT2D eigenvalue weighted by Crippen LogP contribution is -2.26. The number of fused-ring (bicyclic) bond motifs is 1. The molecule has 0 saturated carbocycles. The summed E-state index contributed by atoms with van der Waals surface area (Å²) in [5.41, 5.74) is 1.77. The zero-order chi connectivity index (χ0) is 24.1. The van der Waals surface area contributed by atoms with Crippen LogP contribution >= 0.6 is 23.1 Å². The van der Waals surface area contributed by atoms with Crippen LogP contribution in [-0.4, -0.2) is 42.5 Å². The number of hydrogen-bond donors (Lipinski definition) is 1. The fourth-order valence-electron chi connectivity index (χ4n) is 3.48. The average Bonchev–Trinajstić information content (AvgIpc) is 3.35. The number of nitrogens with zero attached hydrogens (tertiary/aromatic N) is 2. The van der Waals surface area contributed by atoms with Crippen molar-refractivity contribution in [1.82, 2.24) is 14.9 Å². The lowest BCUT2D eigenvalue weighted by molar-refractivity contribution is -0.118. The van der Waals surface area contributed by atoms with Crippen LogP contribution in [0.2, 0.25) is 0 Å². The Morgan fingerprint density at radius 2 is 1.79 bits per heavy atom. The maximum absolute atomic E-state index is 13.3. The second-order valence-corrected chi connectivity index (χ2v) is 8.92. The van der Waals surface area contributed by atoms with Gasteiger partial charge in [0.1, 0.15) is 10.4 Å². The van der Waals surface area contributed by atoms with E-state index in [0.29, 0.717) is 38.3 Å². The van der Waals surface area contributed by atoms with Gasteiger partial charge in [0, 0.05) is 12.1 Å². The van der Waals surface area contributed by atoms with E-state index in [9.17, 15) is 9.59 Å². The minimum Gasteiger partial charge on any atom is -0.495 e. The Bertz CT molecular complexity index is 1380. The maximum atomic E-state index is 13.3. The van der Waals surface area contributed by atoms with Gasteiger partial charge in [-0.3, -0.25) is 14.2 Å². The summed E-state index contributed by atoms with van der Waals surface area (Å²) >= 11 is 2.52. The molecule has 0 saturated heterocycles. The molecular weight excluding hydrogens is 474 g/mol. The van der Waals surface area contributed by atoms with Gasteiger partial charge in [0.15, 0.2) is 16.7 Å². The zero-order valence-electron chi connectivity index (χ0n) is 18.9. The van der Waals surface area contributed by atoms with E-state index >= 15 is 0 Å². The molecule has 0 aliphatic rings. The van der Waals surface area contributed by atoms with Crippen LogP contribution in [0.4, 0.5) is 0 Å². The molecule has 0 radical (unpaired) electrons. The zero-order valence-corrected chi connectivity index (χ0v) is 20.5. The molecule has 0 fully saturated rings. The quantitative estimate of drug-likeness (QED) is 0.277. The molecule has 8 nitrogen and oxygen atoms in total. The third-order valence-electron chi connectivity index (χ3n) is 5.07. The van der Waals surface area contributed by atoms with Gasteiger partial charge in [0.05, 0.1) is 38.3 Å². The Morgan fingerprint density at radius 1 is 1.03 bits per heavy atom. The van der Waals surface area contributed by atoms with Crippen molar-refractivity contribution in [2.75, 3.05) is 27.1 Å². The first-order valence-electron chi connectivity index (χ1n) is 10.3. The maximum Gasteiger partial charge on any atom is 0.276 e. The number of amides is 1. The highest BCUT2D eigenvalue weighted by Gasteiger charge is 2.18. The van der Waals surface area contributed by atoms with Crippen molar-refractivity contribution in [3.05, 3.63) is 69.8 Å². The molecule has 0 unspecified atom stereocenters. The van der Waals surface area contributed by atoms with E-state index < -0.39 is 0 Å². The highest BCUT2D eigenvalue weighted by Crippen LogP contribution is 2.31. The normalized spacial score (nSPS) is 10.8. The number of carbonyl (C=O) groups is 1.